The average molecular weight is 673 g/mol. The van der Waals surface area contributed by atoms with Crippen LogP contribution in [-0.2, 0) is 19.6 Å². The first-order valence-electron chi connectivity index (χ1n) is 13.2. The molecule has 0 amide bonds. The summed E-state index contributed by atoms with van der Waals surface area (Å²) in [5.74, 6) is 0.365. The van der Waals surface area contributed by atoms with Crippen LogP contribution < -0.4 is 73.9 Å². The zero-order valence-corrected chi connectivity index (χ0v) is 30.2. The van der Waals surface area contributed by atoms with Crippen LogP contribution in [0.2, 0.25) is 6.82 Å². The summed E-state index contributed by atoms with van der Waals surface area (Å²) in [6, 6.07) is 0. The molecule has 6 atom stereocenters. The first-order chi connectivity index (χ1) is 19.4. The van der Waals surface area contributed by atoms with Gasteiger partial charge in [0, 0.05) is 36.2 Å². The molecule has 244 valence electrons. The van der Waals surface area contributed by atoms with Crippen LogP contribution >= 0.6 is 0 Å². The largest absolute Gasteiger partial charge is 1.00 e. The summed E-state index contributed by atoms with van der Waals surface area (Å²) in [4.78, 5) is 49.1. The number of aromatic amines is 1. The fraction of sp³-hybridized carbons (Fsp3) is 0.640. The van der Waals surface area contributed by atoms with Crippen molar-refractivity contribution < 1.29 is 88.3 Å². The van der Waals surface area contributed by atoms with Gasteiger partial charge in [-0.3, -0.25) is 28.2 Å². The van der Waals surface area contributed by atoms with Crippen molar-refractivity contribution in [3.63, 3.8) is 0 Å². The maximum atomic E-state index is 13.4. The molecule has 2 saturated heterocycles. The number of hydrogen-bond acceptors (Lipinski definition) is 11. The van der Waals surface area contributed by atoms with E-state index in [1.165, 1.54) is 23.8 Å². The van der Waals surface area contributed by atoms with Gasteiger partial charge >= 0.3 is 69.8 Å². The molecule has 44 heavy (non-hydrogen) atoms. The summed E-state index contributed by atoms with van der Waals surface area (Å²) < 4.78 is 55.1. The topological polar surface area (TPSA) is 215 Å². The quantitative estimate of drug-likeness (QED) is 0.162. The molecule has 4 rings (SSSR count). The molecule has 0 spiro atoms. The van der Waals surface area contributed by atoms with Crippen LogP contribution in [0.3, 0.4) is 0 Å². The molecule has 0 radical (unpaired) electrons. The Bertz CT molecular complexity index is 1570. The van der Waals surface area contributed by atoms with E-state index in [9.17, 15) is 28.6 Å². The van der Waals surface area contributed by atoms with Crippen molar-refractivity contribution in [1.29, 1.82) is 0 Å². The SMILES string of the molecule is CC[C@H]1O[C@@H](n2cc(C)c(=O)n(B(C)O)c2=O)CC1C.CS(=O)(=O)[O-].Cc1cn([C@H]2CC([18F])[C@@H](CO)O2)c(=O)[nH]c1=O.[CH3-].[K+]. The van der Waals surface area contributed by atoms with E-state index < -0.39 is 64.8 Å². The van der Waals surface area contributed by atoms with Crippen LogP contribution in [0.1, 0.15) is 56.7 Å². The third-order valence-electron chi connectivity index (χ3n) is 6.74. The number of halogens is 1. The first kappa shape index (κ1) is 42.7. The molecular formula is C25H40BFKN4O11S-. The Morgan fingerprint density at radius 1 is 1.07 bits per heavy atom. The van der Waals surface area contributed by atoms with Crippen molar-refractivity contribution in [1.82, 2.24) is 18.6 Å². The van der Waals surface area contributed by atoms with Gasteiger partial charge in [-0.1, -0.05) is 13.8 Å². The van der Waals surface area contributed by atoms with Crippen molar-refractivity contribution >= 4 is 17.2 Å². The number of rotatable bonds is 5. The van der Waals surface area contributed by atoms with Gasteiger partial charge in [-0.05, 0) is 39.4 Å². The third-order valence-corrected chi connectivity index (χ3v) is 6.74. The number of hydrogen-bond donors (Lipinski definition) is 3. The number of ether oxygens (including phenoxy) is 2. The molecule has 0 aliphatic carbocycles. The number of H-pyrrole nitrogens is 1. The number of alkyl halides is 1. The van der Waals surface area contributed by atoms with E-state index >= 15 is 0 Å². The van der Waals surface area contributed by atoms with Gasteiger partial charge in [0.05, 0.1) is 22.8 Å². The minimum Gasteiger partial charge on any atom is -0.748 e. The molecule has 19 heteroatoms. The summed E-state index contributed by atoms with van der Waals surface area (Å²) in [5.41, 5.74) is -1.34. The molecule has 4 heterocycles. The number of nitrogens with one attached hydrogen (secondary N) is 1. The maximum absolute atomic E-state index is 13.4. The zero-order valence-electron chi connectivity index (χ0n) is 26.2. The monoisotopic (exact) mass is 672 g/mol. The van der Waals surface area contributed by atoms with Crippen molar-refractivity contribution in [3.05, 3.63) is 72.6 Å². The van der Waals surface area contributed by atoms with E-state index in [0.29, 0.717) is 23.3 Å². The Morgan fingerprint density at radius 2 is 1.57 bits per heavy atom. The van der Waals surface area contributed by atoms with Crippen LogP contribution in [0.4, 0.5) is 4.39 Å². The smallest absolute Gasteiger partial charge is 0.748 e. The first-order valence-corrected chi connectivity index (χ1v) is 15.0. The van der Waals surface area contributed by atoms with Crippen LogP contribution in [0.25, 0.3) is 0 Å². The molecule has 0 bridgehead atoms. The van der Waals surface area contributed by atoms with Gasteiger partial charge in [0.2, 0.25) is 5.56 Å². The minimum atomic E-state index is -3.92. The molecule has 2 fully saturated rings. The van der Waals surface area contributed by atoms with Gasteiger partial charge in [-0.15, -0.1) is 0 Å². The van der Waals surface area contributed by atoms with Crippen molar-refractivity contribution in [2.24, 2.45) is 5.92 Å². The predicted molar refractivity (Wildman–Crippen MR) is 156 cm³/mol. The van der Waals surface area contributed by atoms with E-state index in [-0.39, 0.29) is 77.6 Å². The van der Waals surface area contributed by atoms with E-state index in [1.54, 1.807) is 13.8 Å². The Kier molecular flexibility index (Phi) is 17.7. The second-order valence-electron chi connectivity index (χ2n) is 10.3. The normalized spacial score (nSPS) is 24.1. The van der Waals surface area contributed by atoms with Gasteiger partial charge in [-0.2, -0.15) is 0 Å². The molecule has 0 saturated carbocycles. The Morgan fingerprint density at radius 3 is 2.02 bits per heavy atom. The molecule has 2 unspecified atom stereocenters. The predicted octanol–water partition coefficient (Wildman–Crippen LogP) is -3.31. The van der Waals surface area contributed by atoms with Gasteiger partial charge in [0.15, 0.2) is 0 Å². The summed E-state index contributed by atoms with van der Waals surface area (Å²) in [5, 5.41) is 18.5. The van der Waals surface area contributed by atoms with Crippen LogP contribution in [0.5, 0.6) is 0 Å². The number of aliphatic hydroxyl groups excluding tert-OH is 1. The molecule has 2 aromatic heterocycles. The fourth-order valence-corrected chi connectivity index (χ4v) is 4.62. The van der Waals surface area contributed by atoms with Gasteiger partial charge in [0.1, 0.15) is 24.7 Å². The van der Waals surface area contributed by atoms with Gasteiger partial charge in [-0.25, -0.2) is 22.4 Å². The maximum Gasteiger partial charge on any atom is 1.00 e. The zero-order chi connectivity index (χ0) is 32.1. The fourth-order valence-electron chi connectivity index (χ4n) is 4.62. The van der Waals surface area contributed by atoms with Crippen LogP contribution in [0, 0.1) is 27.2 Å². The van der Waals surface area contributed by atoms with Crippen molar-refractivity contribution in [2.75, 3.05) is 12.9 Å². The van der Waals surface area contributed by atoms with Crippen LogP contribution in [-0.4, -0.2) is 80.0 Å². The molecule has 15 nitrogen and oxygen atoms in total. The standard InChI is InChI=1S/C13H21BN2O4.C10H13FN2O4.CH4O3S.CH3.K/c1-5-10-8(2)6-11(20-10)15-7-9(3)12(17)16(13(15)18)14(4)19;1-5-3-13(10(16)12-9(5)15)8-2-6(11)7(4-14)17-8;1-5(2,3)4;;/h7-8,10-11,19H,5-6H2,1-4H3;3,6-8,14H,2,4H2,1H3,(H,12,15,16);1H3,(H,2,3,4);1H3;/q;;;-1;+1/p-1/t8?,10-,11-;6?,7-,8-;;;/m11.../s1/i;11-1;;;. The van der Waals surface area contributed by atoms with Crippen molar-refractivity contribution in [2.45, 2.75) is 84.6 Å². The van der Waals surface area contributed by atoms with Gasteiger partial charge in [0.25, 0.3) is 5.56 Å². The molecular weight excluding hydrogens is 632 g/mol. The summed E-state index contributed by atoms with van der Waals surface area (Å²) in [6.07, 6.45) is 1.80. The minimum absolute atomic E-state index is 0. The van der Waals surface area contributed by atoms with E-state index in [4.69, 9.17) is 27.6 Å². The van der Waals surface area contributed by atoms with Crippen molar-refractivity contribution in [3.8, 4) is 0 Å². The second-order valence-corrected chi connectivity index (χ2v) is 11.7. The summed E-state index contributed by atoms with van der Waals surface area (Å²) in [6.45, 7) is 8.28. The Balaban J connectivity index is 0.000000707. The number of aromatic nitrogens is 4. The number of nitrogens with zero attached hydrogens (tertiary/aromatic N) is 3. The Hall–Kier alpha value is -1.26. The summed E-state index contributed by atoms with van der Waals surface area (Å²) >= 11 is 0. The molecule has 0 aromatic carbocycles. The molecule has 2 aliphatic heterocycles. The van der Waals surface area contributed by atoms with E-state index in [1.807, 2.05) is 6.92 Å². The van der Waals surface area contributed by atoms with Gasteiger partial charge < -0.3 is 31.6 Å². The number of aliphatic hydroxyl groups is 1. The van der Waals surface area contributed by atoms with E-state index in [0.717, 1.165) is 21.9 Å². The third kappa shape index (κ3) is 11.5. The molecule has 3 N–H and O–H groups in total. The second kappa shape index (κ2) is 18.2. The average Bonchev–Trinajstić information content (AvgIpc) is 3.44. The van der Waals surface area contributed by atoms with E-state index in [2.05, 4.69) is 11.9 Å². The summed E-state index contributed by atoms with van der Waals surface area (Å²) in [7, 11) is -5.07. The van der Waals surface area contributed by atoms with Crippen LogP contribution in [0.15, 0.2) is 31.6 Å². The molecule has 2 aromatic rings. The Labute approximate surface area is 297 Å². The molecule has 2 aliphatic rings. The number of aryl methyl sites for hydroxylation is 2.